The van der Waals surface area contributed by atoms with Crippen molar-refractivity contribution < 1.29 is 12.9 Å². The molecule has 0 fully saturated rings. The fraction of sp³-hybridized carbons (Fsp3) is 0.385. The molecule has 0 aliphatic rings. The molecule has 0 aliphatic carbocycles. The van der Waals surface area contributed by atoms with Crippen molar-refractivity contribution in [3.05, 3.63) is 42.0 Å². The van der Waals surface area contributed by atoms with Crippen LogP contribution in [0.1, 0.15) is 25.6 Å². The quantitative estimate of drug-likeness (QED) is 0.839. The van der Waals surface area contributed by atoms with Gasteiger partial charge in [-0.3, -0.25) is 0 Å². The van der Waals surface area contributed by atoms with Crippen LogP contribution in [-0.2, 0) is 22.0 Å². The highest BCUT2D eigenvalue weighted by atomic mass is 32.2. The second kappa shape index (κ2) is 5.52. The molecule has 0 spiro atoms. The van der Waals surface area contributed by atoms with Crippen molar-refractivity contribution in [2.24, 2.45) is 5.92 Å². The van der Waals surface area contributed by atoms with Gasteiger partial charge in [0.1, 0.15) is 5.75 Å². The lowest BCUT2D eigenvalue weighted by Crippen LogP contribution is -2.06. The van der Waals surface area contributed by atoms with E-state index in [1.165, 1.54) is 0 Å². The van der Waals surface area contributed by atoms with E-state index in [2.05, 4.69) is 10.1 Å². The van der Waals surface area contributed by atoms with Gasteiger partial charge in [-0.25, -0.2) is 8.42 Å². The topological polar surface area (TPSA) is 73.1 Å². The molecule has 0 saturated heterocycles. The van der Waals surface area contributed by atoms with Crippen LogP contribution >= 0.6 is 0 Å². The van der Waals surface area contributed by atoms with Crippen LogP contribution in [0.4, 0.5) is 0 Å². The number of benzene rings is 1. The molecule has 2 aromatic rings. The Morgan fingerprint density at radius 2 is 1.89 bits per heavy atom. The summed E-state index contributed by atoms with van der Waals surface area (Å²) in [5.74, 6) is 0.838. The third-order valence-electron chi connectivity index (χ3n) is 2.51. The van der Waals surface area contributed by atoms with Crippen molar-refractivity contribution >= 4 is 9.84 Å². The second-order valence-corrected chi connectivity index (χ2v) is 6.76. The number of aromatic nitrogens is 2. The van der Waals surface area contributed by atoms with Crippen molar-refractivity contribution in [1.29, 1.82) is 0 Å². The normalized spacial score (nSPS) is 11.9. The Labute approximate surface area is 112 Å². The van der Waals surface area contributed by atoms with Gasteiger partial charge in [0, 0.05) is 6.42 Å². The van der Waals surface area contributed by atoms with Gasteiger partial charge >= 0.3 is 0 Å². The van der Waals surface area contributed by atoms with E-state index in [-0.39, 0.29) is 16.5 Å². The fourth-order valence-electron chi connectivity index (χ4n) is 1.66. The van der Waals surface area contributed by atoms with E-state index in [4.69, 9.17) is 4.52 Å². The smallest absolute Gasteiger partial charge is 0.226 e. The maximum absolute atomic E-state index is 12.1. The van der Waals surface area contributed by atoms with Crippen molar-refractivity contribution in [1.82, 2.24) is 10.1 Å². The molecule has 0 atom stereocenters. The Balaban J connectivity index is 2.15. The summed E-state index contributed by atoms with van der Waals surface area (Å²) in [5, 5.41) is 3.71. The Hall–Kier alpha value is -1.69. The summed E-state index contributed by atoms with van der Waals surface area (Å²) in [7, 11) is -3.41. The van der Waals surface area contributed by atoms with Crippen LogP contribution in [0.3, 0.4) is 0 Å². The molecule has 19 heavy (non-hydrogen) atoms. The molecule has 0 N–H and O–H groups in total. The molecule has 0 amide bonds. The lowest BCUT2D eigenvalue weighted by molar-refractivity contribution is 0.359. The van der Waals surface area contributed by atoms with E-state index < -0.39 is 9.84 Å². The van der Waals surface area contributed by atoms with E-state index in [0.29, 0.717) is 18.2 Å². The molecule has 1 aromatic carbocycles. The Kier molecular flexibility index (Phi) is 3.99. The van der Waals surface area contributed by atoms with Gasteiger partial charge in [0.15, 0.2) is 15.7 Å². The fourth-order valence-corrected chi connectivity index (χ4v) is 2.86. The highest BCUT2D eigenvalue weighted by Crippen LogP contribution is 2.15. The molecule has 0 saturated carbocycles. The molecule has 0 unspecified atom stereocenters. The zero-order valence-electron chi connectivity index (χ0n) is 10.9. The lowest BCUT2D eigenvalue weighted by Gasteiger charge is -2.00. The van der Waals surface area contributed by atoms with Gasteiger partial charge in [0.2, 0.25) is 5.89 Å². The lowest BCUT2D eigenvalue weighted by atomic mass is 10.1. The summed E-state index contributed by atoms with van der Waals surface area (Å²) in [6, 6.07) is 8.27. The molecule has 0 radical (unpaired) electrons. The highest BCUT2D eigenvalue weighted by molar-refractivity contribution is 7.90. The molecule has 0 bridgehead atoms. The van der Waals surface area contributed by atoms with Gasteiger partial charge in [-0.05, 0) is 18.1 Å². The number of sulfone groups is 1. The Morgan fingerprint density at radius 3 is 2.53 bits per heavy atom. The first kappa shape index (κ1) is 13.7. The third-order valence-corrected chi connectivity index (χ3v) is 4.14. The molecule has 102 valence electrons. The number of hydrogen-bond donors (Lipinski definition) is 0. The average molecular weight is 280 g/mol. The molecule has 0 aliphatic heterocycles. The maximum Gasteiger partial charge on any atom is 0.226 e. The molecule has 1 heterocycles. The van der Waals surface area contributed by atoms with Gasteiger partial charge < -0.3 is 4.52 Å². The van der Waals surface area contributed by atoms with Crippen LogP contribution in [0, 0.1) is 5.92 Å². The van der Waals surface area contributed by atoms with Gasteiger partial charge in [0.05, 0.1) is 4.90 Å². The van der Waals surface area contributed by atoms with E-state index in [0.717, 1.165) is 0 Å². The number of rotatable bonds is 5. The minimum atomic E-state index is -3.41. The summed E-state index contributed by atoms with van der Waals surface area (Å²) in [6.45, 7) is 4.06. The second-order valence-electron chi connectivity index (χ2n) is 4.77. The zero-order valence-corrected chi connectivity index (χ0v) is 11.7. The minimum Gasteiger partial charge on any atom is -0.339 e. The predicted octanol–water partition coefficient (Wildman–Crippen LogP) is 2.24. The monoisotopic (exact) mass is 280 g/mol. The van der Waals surface area contributed by atoms with E-state index in [1.54, 1.807) is 30.3 Å². The van der Waals surface area contributed by atoms with Crippen LogP contribution in [0.15, 0.2) is 39.8 Å². The molecule has 2 rings (SSSR count). The van der Waals surface area contributed by atoms with Gasteiger partial charge in [-0.1, -0.05) is 37.2 Å². The van der Waals surface area contributed by atoms with Crippen molar-refractivity contribution in [2.75, 3.05) is 0 Å². The van der Waals surface area contributed by atoms with Crippen LogP contribution in [0.2, 0.25) is 0 Å². The van der Waals surface area contributed by atoms with E-state index >= 15 is 0 Å². The number of nitrogens with zero attached hydrogens (tertiary/aromatic N) is 2. The molecular formula is C13H16N2O3S. The van der Waals surface area contributed by atoms with Crippen LogP contribution in [-0.4, -0.2) is 18.6 Å². The zero-order chi connectivity index (χ0) is 13.9. The minimum absolute atomic E-state index is 0.208. The molecule has 1 aromatic heterocycles. The standard InChI is InChI=1S/C13H16N2O3S/c1-10(2)8-13-14-12(15-18-13)9-19(16,17)11-6-4-3-5-7-11/h3-7,10H,8-9H2,1-2H3. The van der Waals surface area contributed by atoms with Crippen molar-refractivity contribution in [3.8, 4) is 0 Å². The van der Waals surface area contributed by atoms with Gasteiger partial charge in [0.25, 0.3) is 0 Å². The van der Waals surface area contributed by atoms with Crippen LogP contribution < -0.4 is 0 Å². The number of hydrogen-bond acceptors (Lipinski definition) is 5. The molecule has 6 heteroatoms. The largest absolute Gasteiger partial charge is 0.339 e. The van der Waals surface area contributed by atoms with Crippen LogP contribution in [0.5, 0.6) is 0 Å². The maximum atomic E-state index is 12.1. The first-order valence-corrected chi connectivity index (χ1v) is 7.72. The summed E-state index contributed by atoms with van der Waals surface area (Å²) in [6.07, 6.45) is 0.651. The summed E-state index contributed by atoms with van der Waals surface area (Å²) < 4.78 is 29.3. The van der Waals surface area contributed by atoms with E-state index in [1.807, 2.05) is 13.8 Å². The van der Waals surface area contributed by atoms with Gasteiger partial charge in [-0.2, -0.15) is 4.98 Å². The third kappa shape index (κ3) is 3.64. The average Bonchev–Trinajstić information content (AvgIpc) is 2.76. The summed E-state index contributed by atoms with van der Waals surface area (Å²) >= 11 is 0. The SMILES string of the molecule is CC(C)Cc1nc(CS(=O)(=O)c2ccccc2)no1. The summed E-state index contributed by atoms with van der Waals surface area (Å²) in [5.41, 5.74) is 0. The Morgan fingerprint density at radius 1 is 1.21 bits per heavy atom. The van der Waals surface area contributed by atoms with Crippen LogP contribution in [0.25, 0.3) is 0 Å². The predicted molar refractivity (Wildman–Crippen MR) is 70.2 cm³/mol. The Bertz CT molecular complexity index is 633. The first-order chi connectivity index (χ1) is 8.97. The summed E-state index contributed by atoms with van der Waals surface area (Å²) in [4.78, 5) is 4.37. The molecule has 5 nitrogen and oxygen atoms in total. The van der Waals surface area contributed by atoms with Crippen molar-refractivity contribution in [2.45, 2.75) is 30.9 Å². The highest BCUT2D eigenvalue weighted by Gasteiger charge is 2.19. The van der Waals surface area contributed by atoms with E-state index in [9.17, 15) is 8.42 Å². The first-order valence-electron chi connectivity index (χ1n) is 6.06. The van der Waals surface area contributed by atoms with Gasteiger partial charge in [-0.15, -0.1) is 0 Å². The van der Waals surface area contributed by atoms with Crippen molar-refractivity contribution in [3.63, 3.8) is 0 Å². The molecular weight excluding hydrogens is 264 g/mol.